The van der Waals surface area contributed by atoms with E-state index in [9.17, 15) is 14.3 Å². The lowest BCUT2D eigenvalue weighted by molar-refractivity contribution is -0.139. The Morgan fingerprint density at radius 2 is 2.00 bits per heavy atom. The van der Waals surface area contributed by atoms with Crippen molar-refractivity contribution in [1.29, 1.82) is 0 Å². The molecule has 0 spiro atoms. The summed E-state index contributed by atoms with van der Waals surface area (Å²) in [5, 5.41) is 9.31. The molecule has 0 heterocycles. The minimum Gasteiger partial charge on any atom is -0.494 e. The van der Waals surface area contributed by atoms with Gasteiger partial charge in [-0.1, -0.05) is 24.3 Å². The largest absolute Gasteiger partial charge is 0.494 e. The fourth-order valence-corrected chi connectivity index (χ4v) is 2.34. The smallest absolute Gasteiger partial charge is 0.310 e. The zero-order chi connectivity index (χ0) is 15.9. The van der Waals surface area contributed by atoms with Gasteiger partial charge in [-0.25, -0.2) is 4.39 Å². The molecule has 0 aliphatic rings. The molecule has 0 saturated carbocycles. The summed E-state index contributed by atoms with van der Waals surface area (Å²) in [7, 11) is 0. The van der Waals surface area contributed by atoms with Crippen molar-refractivity contribution in [3.63, 3.8) is 0 Å². The van der Waals surface area contributed by atoms with Gasteiger partial charge in [0.25, 0.3) is 0 Å². The Morgan fingerprint density at radius 3 is 2.68 bits per heavy atom. The molecule has 0 aliphatic heterocycles. The molecule has 22 heavy (non-hydrogen) atoms. The monoisotopic (exact) mass is 302 g/mol. The van der Waals surface area contributed by atoms with Gasteiger partial charge in [0.15, 0.2) is 0 Å². The number of halogens is 1. The van der Waals surface area contributed by atoms with E-state index in [1.54, 1.807) is 6.07 Å². The first-order valence-electron chi connectivity index (χ1n) is 7.24. The molecule has 3 nitrogen and oxygen atoms in total. The van der Waals surface area contributed by atoms with Crippen molar-refractivity contribution in [2.75, 3.05) is 6.61 Å². The van der Waals surface area contributed by atoms with Gasteiger partial charge in [-0.2, -0.15) is 0 Å². The Hall–Kier alpha value is -2.36. The maximum absolute atomic E-state index is 13.2. The molecule has 2 rings (SSSR count). The van der Waals surface area contributed by atoms with E-state index in [0.29, 0.717) is 25.0 Å². The molecule has 4 heteroatoms. The van der Waals surface area contributed by atoms with E-state index in [-0.39, 0.29) is 0 Å². The molecular formula is C18H19FO3. The molecule has 0 radical (unpaired) electrons. The Labute approximate surface area is 129 Å². The Morgan fingerprint density at radius 1 is 1.23 bits per heavy atom. The maximum Gasteiger partial charge on any atom is 0.310 e. The SMILES string of the molecule is Cc1cccc(OCCCC(C(=O)O)c2cccc(F)c2)c1. The van der Waals surface area contributed by atoms with Gasteiger partial charge in [0.05, 0.1) is 12.5 Å². The zero-order valence-electron chi connectivity index (χ0n) is 12.5. The number of carbonyl (C=O) groups is 1. The van der Waals surface area contributed by atoms with Crippen LogP contribution < -0.4 is 4.74 Å². The molecule has 1 atom stereocenters. The van der Waals surface area contributed by atoms with Crippen LogP contribution in [0.3, 0.4) is 0 Å². The van der Waals surface area contributed by atoms with E-state index >= 15 is 0 Å². The Kier molecular flexibility index (Phi) is 5.53. The van der Waals surface area contributed by atoms with Crippen LogP contribution in [0.5, 0.6) is 5.75 Å². The molecular weight excluding hydrogens is 283 g/mol. The molecule has 2 aromatic carbocycles. The highest BCUT2D eigenvalue weighted by Gasteiger charge is 2.19. The van der Waals surface area contributed by atoms with E-state index in [2.05, 4.69) is 0 Å². The van der Waals surface area contributed by atoms with Gasteiger partial charge in [0.2, 0.25) is 0 Å². The van der Waals surface area contributed by atoms with Crippen LogP contribution >= 0.6 is 0 Å². The molecule has 0 fully saturated rings. The van der Waals surface area contributed by atoms with Crippen LogP contribution in [-0.2, 0) is 4.79 Å². The van der Waals surface area contributed by atoms with Crippen molar-refractivity contribution >= 4 is 5.97 Å². The lowest BCUT2D eigenvalue weighted by Crippen LogP contribution is -2.13. The molecule has 116 valence electrons. The number of hydrogen-bond donors (Lipinski definition) is 1. The first-order chi connectivity index (χ1) is 10.6. The third kappa shape index (κ3) is 4.58. The molecule has 1 N–H and O–H groups in total. The number of carboxylic acid groups (broad SMARTS) is 1. The van der Waals surface area contributed by atoms with E-state index in [0.717, 1.165) is 11.3 Å². The highest BCUT2D eigenvalue weighted by Crippen LogP contribution is 2.23. The van der Waals surface area contributed by atoms with Crippen LogP contribution in [0.2, 0.25) is 0 Å². The van der Waals surface area contributed by atoms with Gasteiger partial charge >= 0.3 is 5.97 Å². The second kappa shape index (κ2) is 7.59. The van der Waals surface area contributed by atoms with Crippen LogP contribution in [0.1, 0.15) is 29.9 Å². The number of carboxylic acids is 1. The summed E-state index contributed by atoms with van der Waals surface area (Å²) in [5.74, 6) is -1.30. The molecule has 0 amide bonds. The van der Waals surface area contributed by atoms with Crippen molar-refractivity contribution in [2.45, 2.75) is 25.7 Å². The predicted octanol–water partition coefficient (Wildman–Crippen LogP) is 4.16. The van der Waals surface area contributed by atoms with Crippen molar-refractivity contribution in [3.8, 4) is 5.75 Å². The fourth-order valence-electron chi connectivity index (χ4n) is 2.34. The summed E-state index contributed by atoms with van der Waals surface area (Å²) in [6.07, 6.45) is 0.992. The highest BCUT2D eigenvalue weighted by molar-refractivity contribution is 5.76. The summed E-state index contributed by atoms with van der Waals surface area (Å²) < 4.78 is 18.8. The number of aryl methyl sites for hydroxylation is 1. The summed E-state index contributed by atoms with van der Waals surface area (Å²) in [5.41, 5.74) is 1.60. The first kappa shape index (κ1) is 16.0. The van der Waals surface area contributed by atoms with Crippen molar-refractivity contribution in [1.82, 2.24) is 0 Å². The second-order valence-corrected chi connectivity index (χ2v) is 5.25. The molecule has 0 bridgehead atoms. The normalized spacial score (nSPS) is 11.9. The van der Waals surface area contributed by atoms with E-state index < -0.39 is 17.7 Å². The summed E-state index contributed by atoms with van der Waals surface area (Å²) in [6.45, 7) is 2.42. The Balaban J connectivity index is 1.89. The third-order valence-electron chi connectivity index (χ3n) is 3.44. The minimum atomic E-state index is -0.943. The number of hydrogen-bond acceptors (Lipinski definition) is 2. The van der Waals surface area contributed by atoms with Gasteiger partial charge in [0, 0.05) is 0 Å². The molecule has 0 aliphatic carbocycles. The summed E-state index contributed by atoms with van der Waals surface area (Å²) >= 11 is 0. The third-order valence-corrected chi connectivity index (χ3v) is 3.44. The quantitative estimate of drug-likeness (QED) is 0.781. The van der Waals surface area contributed by atoms with Crippen molar-refractivity contribution in [2.24, 2.45) is 0 Å². The number of aliphatic carboxylic acids is 1. The summed E-state index contributed by atoms with van der Waals surface area (Å²) in [6, 6.07) is 13.5. The van der Waals surface area contributed by atoms with Crippen LogP contribution in [0.4, 0.5) is 4.39 Å². The van der Waals surface area contributed by atoms with E-state index in [4.69, 9.17) is 4.74 Å². The number of benzene rings is 2. The van der Waals surface area contributed by atoms with Gasteiger partial charge in [-0.3, -0.25) is 4.79 Å². The topological polar surface area (TPSA) is 46.5 Å². The van der Waals surface area contributed by atoms with Gasteiger partial charge in [0.1, 0.15) is 11.6 Å². The van der Waals surface area contributed by atoms with Gasteiger partial charge < -0.3 is 9.84 Å². The minimum absolute atomic E-state index is 0.407. The number of rotatable bonds is 7. The van der Waals surface area contributed by atoms with Crippen LogP contribution in [0.15, 0.2) is 48.5 Å². The highest BCUT2D eigenvalue weighted by atomic mass is 19.1. The first-order valence-corrected chi connectivity index (χ1v) is 7.24. The van der Waals surface area contributed by atoms with Gasteiger partial charge in [-0.05, 0) is 55.2 Å². The van der Waals surface area contributed by atoms with E-state index in [1.165, 1.54) is 18.2 Å². The van der Waals surface area contributed by atoms with Crippen LogP contribution in [0.25, 0.3) is 0 Å². The second-order valence-electron chi connectivity index (χ2n) is 5.25. The predicted molar refractivity (Wildman–Crippen MR) is 82.7 cm³/mol. The Bertz CT molecular complexity index is 640. The van der Waals surface area contributed by atoms with Crippen molar-refractivity contribution in [3.05, 3.63) is 65.5 Å². The zero-order valence-corrected chi connectivity index (χ0v) is 12.5. The average molecular weight is 302 g/mol. The van der Waals surface area contributed by atoms with Crippen LogP contribution in [0, 0.1) is 12.7 Å². The number of ether oxygens (including phenoxy) is 1. The average Bonchev–Trinajstić information content (AvgIpc) is 2.47. The summed E-state index contributed by atoms with van der Waals surface area (Å²) in [4.78, 5) is 11.4. The lowest BCUT2D eigenvalue weighted by atomic mass is 9.94. The van der Waals surface area contributed by atoms with Crippen LogP contribution in [-0.4, -0.2) is 17.7 Å². The molecule has 0 saturated heterocycles. The molecule has 0 aromatic heterocycles. The van der Waals surface area contributed by atoms with Crippen molar-refractivity contribution < 1.29 is 19.0 Å². The standard InChI is InChI=1S/C18H19FO3/c1-13-5-2-8-16(11-13)22-10-4-9-17(18(20)21)14-6-3-7-15(19)12-14/h2-3,5-8,11-12,17H,4,9-10H2,1H3,(H,20,21). The molecule has 2 aromatic rings. The van der Waals surface area contributed by atoms with Gasteiger partial charge in [-0.15, -0.1) is 0 Å². The van der Waals surface area contributed by atoms with E-state index in [1.807, 2.05) is 31.2 Å². The lowest BCUT2D eigenvalue weighted by Gasteiger charge is -2.13. The fraction of sp³-hybridized carbons (Fsp3) is 0.278. The maximum atomic E-state index is 13.2. The molecule has 1 unspecified atom stereocenters.